The molecule has 0 bridgehead atoms. The number of benzene rings is 1. The van der Waals surface area contributed by atoms with Crippen LogP contribution >= 0.6 is 0 Å². The second-order valence-corrected chi connectivity index (χ2v) is 8.29. The molecule has 158 valence electrons. The van der Waals surface area contributed by atoms with Crippen molar-refractivity contribution in [3.8, 4) is 0 Å². The van der Waals surface area contributed by atoms with Crippen molar-refractivity contribution in [1.82, 2.24) is 10.2 Å². The molecule has 2 fully saturated rings. The molecule has 1 aromatic carbocycles. The van der Waals surface area contributed by atoms with Gasteiger partial charge in [0, 0.05) is 19.0 Å². The standard InChI is InChI=1S/C22H31N3O4/c23-18(13-15-5-2-1-3-6-15)20(26)24-14-16-8-10-17(11-9-16)21(27)25-12-4-7-19(25)22(28)29/h1-3,5-6,16-19H,4,7-14,23H2,(H,24,26)(H,28,29)/t16?,17?,18-,19-/m0/s1. The van der Waals surface area contributed by atoms with Gasteiger partial charge in [0.05, 0.1) is 6.04 Å². The van der Waals surface area contributed by atoms with Gasteiger partial charge in [-0.15, -0.1) is 0 Å². The first-order valence-corrected chi connectivity index (χ1v) is 10.6. The summed E-state index contributed by atoms with van der Waals surface area (Å²) in [6.07, 6.45) is 5.02. The number of nitrogens with zero attached hydrogens (tertiary/aromatic N) is 1. The lowest BCUT2D eigenvalue weighted by Gasteiger charge is -2.32. The maximum absolute atomic E-state index is 12.7. The second-order valence-electron chi connectivity index (χ2n) is 8.29. The maximum Gasteiger partial charge on any atom is 0.326 e. The number of amides is 2. The zero-order valence-corrected chi connectivity index (χ0v) is 16.8. The van der Waals surface area contributed by atoms with Crippen LogP contribution in [0.5, 0.6) is 0 Å². The number of aliphatic carboxylic acids is 1. The van der Waals surface area contributed by atoms with Crippen LogP contribution in [0.1, 0.15) is 44.1 Å². The summed E-state index contributed by atoms with van der Waals surface area (Å²) in [6.45, 7) is 1.12. The molecule has 1 saturated carbocycles. The first-order chi connectivity index (χ1) is 14.0. The van der Waals surface area contributed by atoms with Crippen LogP contribution in [0.3, 0.4) is 0 Å². The summed E-state index contributed by atoms with van der Waals surface area (Å²) in [5.74, 6) is -0.821. The van der Waals surface area contributed by atoms with E-state index in [1.54, 1.807) is 4.90 Å². The molecule has 4 N–H and O–H groups in total. The number of carbonyl (C=O) groups is 3. The summed E-state index contributed by atoms with van der Waals surface area (Å²) in [7, 11) is 0. The van der Waals surface area contributed by atoms with Crippen molar-refractivity contribution in [1.29, 1.82) is 0 Å². The van der Waals surface area contributed by atoms with E-state index in [0.717, 1.165) is 37.7 Å². The molecule has 1 aliphatic carbocycles. The number of hydrogen-bond donors (Lipinski definition) is 3. The molecule has 7 heteroatoms. The van der Waals surface area contributed by atoms with Gasteiger partial charge in [0.2, 0.25) is 11.8 Å². The smallest absolute Gasteiger partial charge is 0.326 e. The Kier molecular flexibility index (Phi) is 7.25. The molecule has 0 radical (unpaired) electrons. The molecule has 0 aromatic heterocycles. The van der Waals surface area contributed by atoms with Crippen molar-refractivity contribution in [2.75, 3.05) is 13.1 Å². The maximum atomic E-state index is 12.7. The van der Waals surface area contributed by atoms with Crippen LogP contribution in [0, 0.1) is 11.8 Å². The van der Waals surface area contributed by atoms with E-state index < -0.39 is 18.1 Å². The van der Waals surface area contributed by atoms with Gasteiger partial charge in [0.1, 0.15) is 6.04 Å². The fraction of sp³-hybridized carbons (Fsp3) is 0.591. The molecule has 1 aromatic rings. The van der Waals surface area contributed by atoms with Crippen LogP contribution in [-0.2, 0) is 20.8 Å². The first-order valence-electron chi connectivity index (χ1n) is 10.6. The predicted octanol–water partition coefficient (Wildman–Crippen LogP) is 1.55. The highest BCUT2D eigenvalue weighted by Gasteiger charge is 2.38. The lowest BCUT2D eigenvalue weighted by Crippen LogP contribution is -2.45. The molecule has 2 amide bonds. The quantitative estimate of drug-likeness (QED) is 0.642. The molecule has 1 aliphatic heterocycles. The Morgan fingerprint density at radius 1 is 1.10 bits per heavy atom. The van der Waals surface area contributed by atoms with Crippen LogP contribution in [-0.4, -0.2) is 53.0 Å². The number of carboxylic acids is 1. The molecule has 2 aliphatic rings. The average molecular weight is 402 g/mol. The number of carboxylic acid groups (broad SMARTS) is 1. The molecule has 1 saturated heterocycles. The number of nitrogens with one attached hydrogen (secondary N) is 1. The Hall–Kier alpha value is -2.41. The van der Waals surface area contributed by atoms with Crippen LogP contribution in [0.15, 0.2) is 30.3 Å². The summed E-state index contributed by atoms with van der Waals surface area (Å²) in [5.41, 5.74) is 7.06. The van der Waals surface area contributed by atoms with Crippen molar-refractivity contribution in [2.45, 2.75) is 57.0 Å². The summed E-state index contributed by atoms with van der Waals surface area (Å²) in [5, 5.41) is 12.2. The number of nitrogens with two attached hydrogens (primary N) is 1. The molecule has 0 spiro atoms. The fourth-order valence-electron chi connectivity index (χ4n) is 4.47. The van der Waals surface area contributed by atoms with Crippen LogP contribution in [0.4, 0.5) is 0 Å². The van der Waals surface area contributed by atoms with E-state index >= 15 is 0 Å². The highest BCUT2D eigenvalue weighted by atomic mass is 16.4. The Labute approximate surface area is 171 Å². The SMILES string of the molecule is N[C@@H](Cc1ccccc1)C(=O)NCC1CCC(C(=O)N2CCC[C@H]2C(=O)O)CC1. The number of likely N-dealkylation sites (tertiary alicyclic amines) is 1. The van der Waals surface area contributed by atoms with Crippen LogP contribution in [0.2, 0.25) is 0 Å². The van der Waals surface area contributed by atoms with Gasteiger partial charge in [-0.2, -0.15) is 0 Å². The van der Waals surface area contributed by atoms with E-state index in [2.05, 4.69) is 5.32 Å². The van der Waals surface area contributed by atoms with Crippen LogP contribution < -0.4 is 11.1 Å². The molecule has 2 atom stereocenters. The Morgan fingerprint density at radius 2 is 1.79 bits per heavy atom. The van der Waals surface area contributed by atoms with Gasteiger partial charge in [0.15, 0.2) is 0 Å². The number of carbonyl (C=O) groups excluding carboxylic acids is 2. The van der Waals surface area contributed by atoms with Crippen molar-refractivity contribution < 1.29 is 19.5 Å². The minimum absolute atomic E-state index is 0.0118. The molecular weight excluding hydrogens is 370 g/mol. The zero-order chi connectivity index (χ0) is 20.8. The van der Waals surface area contributed by atoms with Gasteiger partial charge < -0.3 is 21.1 Å². The molecule has 29 heavy (non-hydrogen) atoms. The Morgan fingerprint density at radius 3 is 2.45 bits per heavy atom. The summed E-state index contributed by atoms with van der Waals surface area (Å²) in [6, 6.07) is 8.48. The molecular formula is C22H31N3O4. The highest BCUT2D eigenvalue weighted by molar-refractivity contribution is 5.85. The van der Waals surface area contributed by atoms with Crippen molar-refractivity contribution in [2.24, 2.45) is 17.6 Å². The topological polar surface area (TPSA) is 113 Å². The van der Waals surface area contributed by atoms with Crippen molar-refractivity contribution in [3.05, 3.63) is 35.9 Å². The zero-order valence-electron chi connectivity index (χ0n) is 16.8. The van der Waals surface area contributed by atoms with E-state index in [9.17, 15) is 19.5 Å². The monoisotopic (exact) mass is 401 g/mol. The van der Waals surface area contributed by atoms with Crippen molar-refractivity contribution >= 4 is 17.8 Å². The summed E-state index contributed by atoms with van der Waals surface area (Å²) < 4.78 is 0. The highest BCUT2D eigenvalue weighted by Crippen LogP contribution is 2.31. The molecule has 0 unspecified atom stereocenters. The molecule has 1 heterocycles. The van der Waals surface area contributed by atoms with E-state index in [-0.39, 0.29) is 17.7 Å². The van der Waals surface area contributed by atoms with Gasteiger partial charge in [-0.05, 0) is 56.4 Å². The third kappa shape index (κ3) is 5.56. The van der Waals surface area contributed by atoms with Gasteiger partial charge in [-0.3, -0.25) is 9.59 Å². The van der Waals surface area contributed by atoms with Gasteiger partial charge in [-0.1, -0.05) is 30.3 Å². The second kappa shape index (κ2) is 9.87. The number of hydrogen-bond acceptors (Lipinski definition) is 4. The van der Waals surface area contributed by atoms with Gasteiger partial charge in [-0.25, -0.2) is 4.79 Å². The van der Waals surface area contributed by atoms with E-state index in [1.807, 2.05) is 30.3 Å². The normalized spacial score (nSPS) is 25.4. The summed E-state index contributed by atoms with van der Waals surface area (Å²) in [4.78, 5) is 37.9. The Balaban J connectivity index is 1.40. The number of rotatable bonds is 7. The predicted molar refractivity (Wildman–Crippen MR) is 109 cm³/mol. The van der Waals surface area contributed by atoms with Gasteiger partial charge in [0.25, 0.3) is 0 Å². The lowest BCUT2D eigenvalue weighted by molar-refractivity contribution is -0.150. The van der Waals surface area contributed by atoms with E-state index in [0.29, 0.717) is 31.8 Å². The minimum Gasteiger partial charge on any atom is -0.480 e. The van der Waals surface area contributed by atoms with E-state index in [1.165, 1.54) is 0 Å². The molecule has 3 rings (SSSR count). The summed E-state index contributed by atoms with van der Waals surface area (Å²) >= 11 is 0. The average Bonchev–Trinajstić information content (AvgIpc) is 3.23. The van der Waals surface area contributed by atoms with E-state index in [4.69, 9.17) is 5.73 Å². The van der Waals surface area contributed by atoms with Gasteiger partial charge >= 0.3 is 5.97 Å². The largest absolute Gasteiger partial charge is 0.480 e. The van der Waals surface area contributed by atoms with Crippen molar-refractivity contribution in [3.63, 3.8) is 0 Å². The van der Waals surface area contributed by atoms with Crippen LogP contribution in [0.25, 0.3) is 0 Å². The Bertz CT molecular complexity index is 716. The molecule has 7 nitrogen and oxygen atoms in total. The third-order valence-corrected chi connectivity index (χ3v) is 6.22. The fourth-order valence-corrected chi connectivity index (χ4v) is 4.47. The first kappa shape index (κ1) is 21.3. The minimum atomic E-state index is -0.904. The lowest BCUT2D eigenvalue weighted by atomic mass is 9.81. The third-order valence-electron chi connectivity index (χ3n) is 6.22.